The largest absolute Gasteiger partial charge is 0.350 e. The molecule has 0 radical (unpaired) electrons. The normalized spacial score (nSPS) is 10.3. The zero-order chi connectivity index (χ0) is 27.7. The minimum Gasteiger partial charge on any atom is -0.350 e. The number of anilines is 1. The van der Waals surface area contributed by atoms with Crippen LogP contribution >= 0.6 is 0 Å². The van der Waals surface area contributed by atoms with Crippen molar-refractivity contribution >= 4 is 11.6 Å². The van der Waals surface area contributed by atoms with E-state index in [0.29, 0.717) is 17.2 Å². The number of nitrogens with one attached hydrogen (secondary N) is 1. The van der Waals surface area contributed by atoms with E-state index in [2.05, 4.69) is 60.5 Å². The number of rotatable bonds is 6. The van der Waals surface area contributed by atoms with Crippen LogP contribution in [0.15, 0.2) is 73.1 Å². The van der Waals surface area contributed by atoms with Crippen molar-refractivity contribution in [3.8, 4) is 22.6 Å². The summed E-state index contributed by atoms with van der Waals surface area (Å²) in [5.41, 5.74) is 7.21. The van der Waals surface area contributed by atoms with Crippen molar-refractivity contribution in [3.63, 3.8) is 0 Å². The number of halogens is 2. The number of nitrogens with zero attached hydrogens (tertiary/aromatic N) is 4. The van der Waals surface area contributed by atoms with Gasteiger partial charge in [0.1, 0.15) is 5.65 Å². The van der Waals surface area contributed by atoms with Crippen LogP contribution in [0.3, 0.4) is 0 Å². The molecule has 5 nitrogen and oxygen atoms in total. The predicted octanol–water partition coefficient (Wildman–Crippen LogP) is 8.27. The maximum absolute atomic E-state index is 13.5. The van der Waals surface area contributed by atoms with Gasteiger partial charge in [-0.25, -0.2) is 23.7 Å². The molecule has 198 valence electrons. The highest BCUT2D eigenvalue weighted by Gasteiger charge is 2.18. The molecule has 3 heterocycles. The van der Waals surface area contributed by atoms with Gasteiger partial charge >= 0.3 is 0 Å². The highest BCUT2D eigenvalue weighted by Crippen LogP contribution is 2.32. The second-order valence-electron chi connectivity index (χ2n) is 8.16. The molecular weight excluding hydrogens is 480 g/mol. The number of benzene rings is 2. The van der Waals surface area contributed by atoms with Gasteiger partial charge < -0.3 is 5.32 Å². The first kappa shape index (κ1) is 28.4. The average molecular weight is 516 g/mol. The van der Waals surface area contributed by atoms with Crippen molar-refractivity contribution in [1.29, 1.82) is 0 Å². The third-order valence-corrected chi connectivity index (χ3v) is 5.76. The van der Waals surface area contributed by atoms with Crippen LogP contribution in [0, 0.1) is 18.6 Å². The van der Waals surface area contributed by atoms with Crippen molar-refractivity contribution in [3.05, 3.63) is 101 Å². The van der Waals surface area contributed by atoms with Crippen LogP contribution in [0.4, 0.5) is 14.7 Å². The molecule has 38 heavy (non-hydrogen) atoms. The molecule has 0 unspecified atom stereocenters. The Kier molecular flexibility index (Phi) is 10.0. The maximum Gasteiger partial charge on any atom is 0.223 e. The number of hydrogen-bond acceptors (Lipinski definition) is 4. The average Bonchev–Trinajstić information content (AvgIpc) is 3.35. The van der Waals surface area contributed by atoms with E-state index in [4.69, 9.17) is 9.97 Å². The molecule has 0 atom stereocenters. The molecule has 0 aliphatic rings. The Morgan fingerprint density at radius 2 is 1.55 bits per heavy atom. The lowest BCUT2D eigenvalue weighted by atomic mass is 10.1. The van der Waals surface area contributed by atoms with Gasteiger partial charge in [0.2, 0.25) is 5.95 Å². The summed E-state index contributed by atoms with van der Waals surface area (Å²) in [5, 5.41) is 3.10. The topological polar surface area (TPSA) is 55.1 Å². The summed E-state index contributed by atoms with van der Waals surface area (Å²) in [6.45, 7) is 12.4. The zero-order valence-electron chi connectivity index (χ0n) is 22.9. The Balaban J connectivity index is 0.000000956. The van der Waals surface area contributed by atoms with E-state index in [1.54, 1.807) is 6.20 Å². The summed E-state index contributed by atoms with van der Waals surface area (Å²) in [6.07, 6.45) is 4.61. The quantitative estimate of drug-likeness (QED) is 0.247. The summed E-state index contributed by atoms with van der Waals surface area (Å²) in [4.78, 5) is 14.0. The fraction of sp³-hybridized carbons (Fsp3) is 0.258. The molecule has 0 amide bonds. The number of aryl methyl sites for hydroxylation is 2. The first-order valence-corrected chi connectivity index (χ1v) is 13.1. The van der Waals surface area contributed by atoms with E-state index in [-0.39, 0.29) is 6.54 Å². The Morgan fingerprint density at radius 1 is 0.816 bits per heavy atom. The van der Waals surface area contributed by atoms with E-state index < -0.39 is 11.6 Å². The molecule has 5 aromatic rings. The molecule has 0 aliphatic heterocycles. The summed E-state index contributed by atoms with van der Waals surface area (Å²) in [6, 6.07) is 18.1. The van der Waals surface area contributed by atoms with Crippen molar-refractivity contribution in [2.45, 2.75) is 54.5 Å². The number of pyridine rings is 1. The van der Waals surface area contributed by atoms with Crippen LogP contribution in [-0.4, -0.2) is 19.4 Å². The van der Waals surface area contributed by atoms with Gasteiger partial charge in [0, 0.05) is 24.5 Å². The van der Waals surface area contributed by atoms with Crippen molar-refractivity contribution in [1.82, 2.24) is 19.4 Å². The smallest absolute Gasteiger partial charge is 0.223 e. The lowest BCUT2D eigenvalue weighted by molar-refractivity contribution is 0.507. The van der Waals surface area contributed by atoms with Gasteiger partial charge in [0.25, 0.3) is 0 Å². The highest BCUT2D eigenvalue weighted by atomic mass is 19.2. The first-order valence-electron chi connectivity index (χ1n) is 13.1. The van der Waals surface area contributed by atoms with Gasteiger partial charge in [-0.1, -0.05) is 70.5 Å². The molecule has 0 aliphatic carbocycles. The number of aromatic nitrogens is 4. The van der Waals surface area contributed by atoms with Crippen LogP contribution in [0.1, 0.15) is 51.3 Å². The summed E-state index contributed by atoms with van der Waals surface area (Å²) in [7, 11) is 0. The zero-order valence-corrected chi connectivity index (χ0v) is 22.9. The summed E-state index contributed by atoms with van der Waals surface area (Å²) >= 11 is 0. The molecule has 0 spiro atoms. The monoisotopic (exact) mass is 515 g/mol. The van der Waals surface area contributed by atoms with Crippen molar-refractivity contribution in [2.75, 3.05) is 5.32 Å². The van der Waals surface area contributed by atoms with Crippen LogP contribution in [0.2, 0.25) is 0 Å². The van der Waals surface area contributed by atoms with Crippen LogP contribution in [0.5, 0.6) is 0 Å². The second kappa shape index (κ2) is 13.4. The van der Waals surface area contributed by atoms with Crippen molar-refractivity contribution < 1.29 is 8.78 Å². The fourth-order valence-corrected chi connectivity index (χ4v) is 3.87. The fourth-order valence-electron chi connectivity index (χ4n) is 3.87. The van der Waals surface area contributed by atoms with Gasteiger partial charge in [-0.05, 0) is 54.8 Å². The Labute approximate surface area is 223 Å². The minimum atomic E-state index is -0.881. The summed E-state index contributed by atoms with van der Waals surface area (Å²) < 4.78 is 28.8. The molecule has 2 aromatic carbocycles. The van der Waals surface area contributed by atoms with Gasteiger partial charge in [-0.3, -0.25) is 4.40 Å². The third kappa shape index (κ3) is 6.40. The molecule has 0 saturated carbocycles. The Bertz CT molecular complexity index is 1480. The van der Waals surface area contributed by atoms with E-state index in [0.717, 1.165) is 41.2 Å². The minimum absolute atomic E-state index is 0.262. The Hall–Kier alpha value is -4.13. The Morgan fingerprint density at radius 3 is 2.24 bits per heavy atom. The van der Waals surface area contributed by atoms with Crippen molar-refractivity contribution in [2.24, 2.45) is 0 Å². The SMILES string of the molecule is CC.CC.CCc1ccn2c(-c3ccnc(NCc4ccc(F)c(F)c4)n3)c(-c3ccc(C)cc3)nc2c1. The third-order valence-electron chi connectivity index (χ3n) is 5.76. The van der Waals surface area contributed by atoms with Crippen LogP contribution in [-0.2, 0) is 13.0 Å². The number of hydrogen-bond donors (Lipinski definition) is 1. The number of fused-ring (bicyclic) bond motifs is 1. The van der Waals surface area contributed by atoms with E-state index in [1.165, 1.54) is 17.2 Å². The molecule has 0 saturated heterocycles. The summed E-state index contributed by atoms with van der Waals surface area (Å²) in [5.74, 6) is -1.37. The van der Waals surface area contributed by atoms with E-state index >= 15 is 0 Å². The first-order chi connectivity index (χ1) is 18.5. The van der Waals surface area contributed by atoms with Gasteiger partial charge in [-0.15, -0.1) is 0 Å². The maximum atomic E-state index is 13.5. The van der Waals surface area contributed by atoms with Crippen LogP contribution < -0.4 is 5.32 Å². The molecule has 7 heteroatoms. The lowest BCUT2D eigenvalue weighted by Gasteiger charge is -2.09. The molecule has 3 aromatic heterocycles. The molecule has 5 rings (SSSR count). The van der Waals surface area contributed by atoms with Gasteiger partial charge in [-0.2, -0.15) is 0 Å². The molecule has 0 fully saturated rings. The van der Waals surface area contributed by atoms with E-state index in [9.17, 15) is 8.78 Å². The number of imidazole rings is 1. The molecule has 0 bridgehead atoms. The standard InChI is InChI=1S/C27H23F2N5.2C2H6/c1-3-18-11-13-34-24(15-18)33-25(20-7-4-17(2)5-8-20)26(34)23-10-12-30-27(32-23)31-16-19-6-9-21(28)22(29)14-19;2*1-2/h4-15H,3,16H2,1-2H3,(H,30,31,32);2*1-2H3. The second-order valence-corrected chi connectivity index (χ2v) is 8.16. The van der Waals surface area contributed by atoms with Gasteiger partial charge in [0.15, 0.2) is 11.6 Å². The molecule has 1 N–H and O–H groups in total. The highest BCUT2D eigenvalue weighted by molar-refractivity contribution is 5.81. The molecular formula is C31H35F2N5. The lowest BCUT2D eigenvalue weighted by Crippen LogP contribution is -2.05. The van der Waals surface area contributed by atoms with E-state index in [1.807, 2.05) is 44.4 Å². The predicted molar refractivity (Wildman–Crippen MR) is 152 cm³/mol. The van der Waals surface area contributed by atoms with Gasteiger partial charge in [0.05, 0.1) is 17.1 Å². The van der Waals surface area contributed by atoms with Crippen LogP contribution in [0.25, 0.3) is 28.3 Å².